The van der Waals surface area contributed by atoms with Gasteiger partial charge in [0.15, 0.2) is 15.3 Å². The average Bonchev–Trinajstić information content (AvgIpc) is 3.30. The molecule has 2 unspecified atom stereocenters. The lowest BCUT2D eigenvalue weighted by Crippen LogP contribution is -2.40. The Morgan fingerprint density at radius 3 is 2.56 bits per heavy atom. The number of aryl methyl sites for hydroxylation is 2. The molecule has 2 aliphatic heterocycles. The number of carbonyl (C=O) groups excluding carboxylic acids is 1. The lowest BCUT2D eigenvalue weighted by molar-refractivity contribution is 0.0662. The molecule has 0 spiro atoms. The number of ether oxygens (including phenoxy) is 1. The van der Waals surface area contributed by atoms with Gasteiger partial charge in [0.2, 0.25) is 5.76 Å². The number of amides is 1. The summed E-state index contributed by atoms with van der Waals surface area (Å²) in [7, 11) is -3.26. The lowest BCUT2D eigenvalue weighted by atomic mass is 9.96. The van der Waals surface area contributed by atoms with Crippen molar-refractivity contribution in [1.82, 2.24) is 4.90 Å². The molecule has 1 fully saturated rings. The van der Waals surface area contributed by atoms with E-state index in [4.69, 9.17) is 9.15 Å². The monoisotopic (exact) mass is 479 g/mol. The van der Waals surface area contributed by atoms with Gasteiger partial charge in [-0.3, -0.25) is 9.59 Å². The van der Waals surface area contributed by atoms with Gasteiger partial charge in [-0.2, -0.15) is 0 Å². The fourth-order valence-electron chi connectivity index (χ4n) is 5.04. The Morgan fingerprint density at radius 1 is 1.18 bits per heavy atom. The summed E-state index contributed by atoms with van der Waals surface area (Å²) in [4.78, 5) is 28.9. The second-order valence-electron chi connectivity index (χ2n) is 8.97. The standard InChI is InChI=1S/C26H25NO6S/c1-4-10-32-19-7-5-17(6-8-19)22-21-23(28)20-13-15(2)12-16(3)24(20)33-25(21)26(29)27(22)18-9-11-34(30,31)14-18/h4-8,12-13,18,22H,1,9-11,14H2,2-3H3. The minimum absolute atomic E-state index is 0.00858. The maximum Gasteiger partial charge on any atom is 0.291 e. The van der Waals surface area contributed by atoms with Crippen molar-refractivity contribution in [3.05, 3.63) is 87.3 Å². The normalized spacial score (nSPS) is 21.1. The first-order valence-corrected chi connectivity index (χ1v) is 13.0. The molecule has 2 atom stereocenters. The number of hydrogen-bond acceptors (Lipinski definition) is 6. The van der Waals surface area contributed by atoms with E-state index in [0.717, 1.165) is 11.1 Å². The number of hydrogen-bond donors (Lipinski definition) is 0. The number of benzene rings is 2. The molecule has 176 valence electrons. The molecule has 8 heteroatoms. The van der Waals surface area contributed by atoms with Crippen molar-refractivity contribution >= 4 is 26.7 Å². The van der Waals surface area contributed by atoms with Crippen LogP contribution < -0.4 is 10.2 Å². The van der Waals surface area contributed by atoms with Crippen LogP contribution in [-0.2, 0) is 9.84 Å². The van der Waals surface area contributed by atoms with E-state index in [1.54, 1.807) is 36.4 Å². The third kappa shape index (κ3) is 3.62. The average molecular weight is 480 g/mol. The van der Waals surface area contributed by atoms with Crippen molar-refractivity contribution < 1.29 is 22.4 Å². The third-order valence-corrected chi connectivity index (χ3v) is 8.25. The van der Waals surface area contributed by atoms with Crippen LogP contribution in [-0.4, -0.2) is 43.4 Å². The van der Waals surface area contributed by atoms with E-state index >= 15 is 0 Å². The van der Waals surface area contributed by atoms with Gasteiger partial charge in [0, 0.05) is 6.04 Å². The van der Waals surface area contributed by atoms with Crippen LogP contribution in [0, 0.1) is 13.8 Å². The molecule has 2 aliphatic rings. The first kappa shape index (κ1) is 22.4. The van der Waals surface area contributed by atoms with Crippen LogP contribution in [0.25, 0.3) is 11.0 Å². The zero-order valence-corrected chi connectivity index (χ0v) is 19.9. The number of carbonyl (C=O) groups is 1. The van der Waals surface area contributed by atoms with Crippen LogP contribution in [0.4, 0.5) is 0 Å². The molecule has 3 aromatic rings. The summed E-state index contributed by atoms with van der Waals surface area (Å²) < 4.78 is 36.2. The quantitative estimate of drug-likeness (QED) is 0.518. The Bertz CT molecular complexity index is 1490. The Labute approximate surface area is 197 Å². The number of rotatable bonds is 5. The molecule has 3 heterocycles. The van der Waals surface area contributed by atoms with E-state index in [1.807, 2.05) is 19.9 Å². The first-order chi connectivity index (χ1) is 16.2. The molecule has 1 aromatic heterocycles. The molecule has 0 bridgehead atoms. The predicted octanol–water partition coefficient (Wildman–Crippen LogP) is 3.71. The van der Waals surface area contributed by atoms with E-state index in [0.29, 0.717) is 35.3 Å². The van der Waals surface area contributed by atoms with Crippen molar-refractivity contribution in [3.63, 3.8) is 0 Å². The lowest BCUT2D eigenvalue weighted by Gasteiger charge is -2.30. The zero-order chi connectivity index (χ0) is 24.2. The fourth-order valence-corrected chi connectivity index (χ4v) is 6.76. The van der Waals surface area contributed by atoms with Gasteiger partial charge in [-0.1, -0.05) is 30.9 Å². The molecule has 1 saturated heterocycles. The van der Waals surface area contributed by atoms with Crippen molar-refractivity contribution in [2.45, 2.75) is 32.4 Å². The van der Waals surface area contributed by atoms with Gasteiger partial charge in [0.1, 0.15) is 17.9 Å². The van der Waals surface area contributed by atoms with Crippen LogP contribution in [0.2, 0.25) is 0 Å². The van der Waals surface area contributed by atoms with Crippen molar-refractivity contribution in [3.8, 4) is 5.75 Å². The smallest absolute Gasteiger partial charge is 0.291 e. The van der Waals surface area contributed by atoms with Gasteiger partial charge in [-0.05, 0) is 55.2 Å². The highest BCUT2D eigenvalue weighted by molar-refractivity contribution is 7.91. The van der Waals surface area contributed by atoms with Crippen molar-refractivity contribution in [1.29, 1.82) is 0 Å². The van der Waals surface area contributed by atoms with Crippen molar-refractivity contribution in [2.24, 2.45) is 0 Å². The Hall–Kier alpha value is -3.39. The van der Waals surface area contributed by atoms with Gasteiger partial charge in [-0.25, -0.2) is 8.42 Å². The van der Waals surface area contributed by atoms with E-state index in [2.05, 4.69) is 6.58 Å². The Balaban J connectivity index is 1.71. The van der Waals surface area contributed by atoms with Crippen LogP contribution >= 0.6 is 0 Å². The Morgan fingerprint density at radius 2 is 1.91 bits per heavy atom. The van der Waals surface area contributed by atoms with Gasteiger partial charge in [0.05, 0.1) is 28.5 Å². The number of fused-ring (bicyclic) bond motifs is 2. The topological polar surface area (TPSA) is 93.9 Å². The van der Waals surface area contributed by atoms with Crippen LogP contribution in [0.15, 0.2) is 58.3 Å². The second-order valence-corrected chi connectivity index (χ2v) is 11.2. The summed E-state index contributed by atoms with van der Waals surface area (Å²) in [6.07, 6.45) is 1.97. The van der Waals surface area contributed by atoms with Gasteiger partial charge in [0.25, 0.3) is 5.91 Å². The van der Waals surface area contributed by atoms with Gasteiger partial charge in [-0.15, -0.1) is 0 Å². The summed E-state index contributed by atoms with van der Waals surface area (Å²) in [5.41, 5.74) is 2.75. The largest absolute Gasteiger partial charge is 0.490 e. The molecular formula is C26H25NO6S. The first-order valence-electron chi connectivity index (χ1n) is 11.1. The van der Waals surface area contributed by atoms with E-state index < -0.39 is 27.8 Å². The van der Waals surface area contributed by atoms with E-state index in [1.165, 1.54) is 4.90 Å². The zero-order valence-electron chi connectivity index (χ0n) is 19.0. The fraction of sp³-hybridized carbons (Fsp3) is 0.308. The second kappa shape index (κ2) is 8.13. The van der Waals surface area contributed by atoms with Gasteiger partial charge < -0.3 is 14.1 Å². The molecule has 5 rings (SSSR count). The summed E-state index contributed by atoms with van der Waals surface area (Å²) in [6, 6.07) is 9.52. The maximum atomic E-state index is 13.8. The minimum atomic E-state index is -3.26. The molecule has 0 saturated carbocycles. The minimum Gasteiger partial charge on any atom is -0.490 e. The molecular weight excluding hydrogens is 454 g/mol. The Kier molecular flexibility index (Phi) is 5.36. The maximum absolute atomic E-state index is 13.8. The number of nitrogens with zero attached hydrogens (tertiary/aromatic N) is 1. The summed E-state index contributed by atoms with van der Waals surface area (Å²) in [5.74, 6) is 0.0506. The molecule has 2 aromatic carbocycles. The number of sulfone groups is 1. The van der Waals surface area contributed by atoms with Crippen molar-refractivity contribution in [2.75, 3.05) is 18.1 Å². The summed E-state index contributed by atoms with van der Waals surface area (Å²) >= 11 is 0. The van der Waals surface area contributed by atoms with Crippen LogP contribution in [0.5, 0.6) is 5.75 Å². The SMILES string of the molecule is C=CCOc1ccc(C2c3c(oc4c(C)cc(C)cc4c3=O)C(=O)N2C2CCS(=O)(=O)C2)cc1. The third-order valence-electron chi connectivity index (χ3n) is 6.50. The van der Waals surface area contributed by atoms with E-state index in [-0.39, 0.29) is 28.3 Å². The van der Waals surface area contributed by atoms with E-state index in [9.17, 15) is 18.0 Å². The van der Waals surface area contributed by atoms with Gasteiger partial charge >= 0.3 is 0 Å². The highest BCUT2D eigenvalue weighted by Gasteiger charge is 2.48. The molecule has 0 N–H and O–H groups in total. The molecule has 0 radical (unpaired) electrons. The summed E-state index contributed by atoms with van der Waals surface area (Å²) in [5, 5.41) is 0.417. The summed E-state index contributed by atoms with van der Waals surface area (Å²) in [6.45, 7) is 7.73. The highest BCUT2D eigenvalue weighted by Crippen LogP contribution is 2.42. The predicted molar refractivity (Wildman–Crippen MR) is 129 cm³/mol. The molecule has 7 nitrogen and oxygen atoms in total. The molecule has 34 heavy (non-hydrogen) atoms. The highest BCUT2D eigenvalue weighted by atomic mass is 32.2. The molecule has 1 amide bonds. The van der Waals surface area contributed by atoms with Crippen LogP contribution in [0.1, 0.15) is 45.3 Å². The van der Waals surface area contributed by atoms with Crippen LogP contribution in [0.3, 0.4) is 0 Å². The molecule has 0 aliphatic carbocycles.